The third-order valence-corrected chi connectivity index (χ3v) is 5.71. The topological polar surface area (TPSA) is 71.0 Å². The van der Waals surface area contributed by atoms with Crippen molar-refractivity contribution >= 4 is 41.3 Å². The average Bonchev–Trinajstić information content (AvgIpc) is 3.34. The molecule has 0 amide bonds. The first-order chi connectivity index (χ1) is 14.1. The maximum absolute atomic E-state index is 5.39. The van der Waals surface area contributed by atoms with E-state index in [1.165, 1.54) is 10.4 Å². The predicted octanol–water partition coefficient (Wildman–Crippen LogP) is 3.42. The Morgan fingerprint density at radius 1 is 1.27 bits per heavy atom. The van der Waals surface area contributed by atoms with Crippen molar-refractivity contribution in [3.63, 3.8) is 0 Å². The van der Waals surface area contributed by atoms with Gasteiger partial charge < -0.3 is 20.1 Å². The van der Waals surface area contributed by atoms with Gasteiger partial charge >= 0.3 is 0 Å². The fourth-order valence-electron chi connectivity index (χ4n) is 3.44. The smallest absolute Gasteiger partial charge is 0.191 e. The van der Waals surface area contributed by atoms with Crippen molar-refractivity contribution in [3.8, 4) is 11.5 Å². The quantitative estimate of drug-likeness (QED) is 0.301. The van der Waals surface area contributed by atoms with Gasteiger partial charge in [0.1, 0.15) is 16.5 Å². The van der Waals surface area contributed by atoms with E-state index in [9.17, 15) is 0 Å². The molecule has 0 aliphatic carbocycles. The lowest BCUT2D eigenvalue weighted by atomic mass is 10.2. The minimum absolute atomic E-state index is 0. The van der Waals surface area contributed by atoms with Crippen molar-refractivity contribution < 1.29 is 9.47 Å². The predicted molar refractivity (Wildman–Crippen MR) is 133 cm³/mol. The van der Waals surface area contributed by atoms with Crippen LogP contribution in [0.15, 0.2) is 29.4 Å². The highest BCUT2D eigenvalue weighted by Gasteiger charge is 2.23. The van der Waals surface area contributed by atoms with Gasteiger partial charge in [-0.05, 0) is 38.0 Å². The number of aromatic nitrogens is 1. The van der Waals surface area contributed by atoms with E-state index in [2.05, 4.69) is 46.5 Å². The molecule has 9 heteroatoms. The lowest BCUT2D eigenvalue weighted by Gasteiger charge is -2.19. The number of thiazole rings is 1. The van der Waals surface area contributed by atoms with Crippen molar-refractivity contribution in [2.24, 2.45) is 4.99 Å². The van der Waals surface area contributed by atoms with Crippen LogP contribution in [0.4, 0.5) is 0 Å². The Kier molecular flexibility index (Phi) is 10.1. The van der Waals surface area contributed by atoms with Gasteiger partial charge in [-0.3, -0.25) is 4.90 Å². The van der Waals surface area contributed by atoms with E-state index in [1.807, 2.05) is 12.3 Å². The summed E-state index contributed by atoms with van der Waals surface area (Å²) in [4.78, 5) is 12.8. The minimum Gasteiger partial charge on any atom is -0.497 e. The number of nitrogens with one attached hydrogen (secondary N) is 2. The molecule has 0 radical (unpaired) electrons. The normalized spacial score (nSPS) is 16.8. The first-order valence-corrected chi connectivity index (χ1v) is 10.8. The molecule has 30 heavy (non-hydrogen) atoms. The molecule has 2 N–H and O–H groups in total. The zero-order valence-electron chi connectivity index (χ0n) is 18.1. The second-order valence-electron chi connectivity index (χ2n) is 7.15. The molecule has 0 saturated carbocycles. The SMILES string of the molecule is CCNC(=NCc1ncc(C)s1)NC1CCN(Cc2cc(OC)cc(OC)c2)C1.I. The summed E-state index contributed by atoms with van der Waals surface area (Å²) >= 11 is 1.70. The molecular formula is C21H32IN5O2S. The summed E-state index contributed by atoms with van der Waals surface area (Å²) in [6, 6.07) is 6.43. The van der Waals surface area contributed by atoms with Gasteiger partial charge in [0.15, 0.2) is 5.96 Å². The molecule has 1 aromatic heterocycles. The lowest BCUT2D eigenvalue weighted by Crippen LogP contribution is -2.44. The van der Waals surface area contributed by atoms with E-state index >= 15 is 0 Å². The zero-order valence-corrected chi connectivity index (χ0v) is 21.3. The number of aryl methyl sites for hydroxylation is 1. The second kappa shape index (κ2) is 12.3. The molecule has 0 spiro atoms. The number of hydrogen-bond acceptors (Lipinski definition) is 6. The molecule has 1 atom stereocenters. The fourth-order valence-corrected chi connectivity index (χ4v) is 4.16. The molecule has 3 rings (SSSR count). The van der Waals surface area contributed by atoms with E-state index in [1.54, 1.807) is 25.6 Å². The van der Waals surface area contributed by atoms with E-state index in [-0.39, 0.29) is 24.0 Å². The summed E-state index contributed by atoms with van der Waals surface area (Å²) in [7, 11) is 3.37. The van der Waals surface area contributed by atoms with Crippen LogP contribution in [-0.4, -0.2) is 55.7 Å². The van der Waals surface area contributed by atoms with E-state index in [4.69, 9.17) is 14.5 Å². The second-order valence-corrected chi connectivity index (χ2v) is 8.47. The van der Waals surface area contributed by atoms with Crippen molar-refractivity contribution in [1.29, 1.82) is 0 Å². The maximum atomic E-state index is 5.39. The Morgan fingerprint density at radius 3 is 2.60 bits per heavy atom. The number of likely N-dealkylation sites (tertiary alicyclic amines) is 1. The number of ether oxygens (including phenoxy) is 2. The number of methoxy groups -OCH3 is 2. The fraction of sp³-hybridized carbons (Fsp3) is 0.524. The molecule has 0 bridgehead atoms. The van der Waals surface area contributed by atoms with E-state index in [0.717, 1.165) is 55.1 Å². The van der Waals surface area contributed by atoms with Gasteiger partial charge in [-0.25, -0.2) is 9.98 Å². The van der Waals surface area contributed by atoms with Gasteiger partial charge in [0.25, 0.3) is 0 Å². The van der Waals surface area contributed by atoms with Crippen LogP contribution in [0, 0.1) is 6.92 Å². The van der Waals surface area contributed by atoms with Crippen LogP contribution in [0.25, 0.3) is 0 Å². The van der Waals surface area contributed by atoms with Crippen LogP contribution >= 0.6 is 35.3 Å². The van der Waals surface area contributed by atoms with Gasteiger partial charge in [-0.1, -0.05) is 0 Å². The van der Waals surface area contributed by atoms with Gasteiger partial charge in [0.05, 0.1) is 20.8 Å². The van der Waals surface area contributed by atoms with Crippen molar-refractivity contribution in [1.82, 2.24) is 20.5 Å². The Morgan fingerprint density at radius 2 is 2.00 bits per heavy atom. The number of nitrogens with zero attached hydrogens (tertiary/aromatic N) is 3. The van der Waals surface area contributed by atoms with Crippen molar-refractivity contribution in [2.45, 2.75) is 39.4 Å². The van der Waals surface area contributed by atoms with Crippen LogP contribution in [0.5, 0.6) is 11.5 Å². The Labute approximate surface area is 200 Å². The lowest BCUT2D eigenvalue weighted by molar-refractivity contribution is 0.321. The first kappa shape index (κ1) is 24.7. The van der Waals surface area contributed by atoms with Crippen LogP contribution in [0.2, 0.25) is 0 Å². The summed E-state index contributed by atoms with van der Waals surface area (Å²) < 4.78 is 10.8. The van der Waals surface area contributed by atoms with E-state index in [0.29, 0.717) is 12.6 Å². The highest BCUT2D eigenvalue weighted by Crippen LogP contribution is 2.24. The van der Waals surface area contributed by atoms with Gasteiger partial charge in [0, 0.05) is 49.4 Å². The molecule has 1 saturated heterocycles. The molecule has 2 heterocycles. The molecule has 1 unspecified atom stereocenters. The molecule has 1 aromatic carbocycles. The monoisotopic (exact) mass is 545 g/mol. The number of aliphatic imine (C=N–C) groups is 1. The molecule has 166 valence electrons. The first-order valence-electron chi connectivity index (χ1n) is 10.00. The average molecular weight is 545 g/mol. The summed E-state index contributed by atoms with van der Waals surface area (Å²) in [6.45, 7) is 8.48. The van der Waals surface area contributed by atoms with Gasteiger partial charge in [0.2, 0.25) is 0 Å². The van der Waals surface area contributed by atoms with Crippen LogP contribution in [0.3, 0.4) is 0 Å². The van der Waals surface area contributed by atoms with Crippen LogP contribution < -0.4 is 20.1 Å². The summed E-state index contributed by atoms with van der Waals surface area (Å²) in [5.74, 6) is 2.51. The van der Waals surface area contributed by atoms with Gasteiger partial charge in [-0.15, -0.1) is 35.3 Å². The molecule has 1 fully saturated rings. The largest absolute Gasteiger partial charge is 0.497 e. The van der Waals surface area contributed by atoms with Crippen molar-refractivity contribution in [3.05, 3.63) is 39.8 Å². The van der Waals surface area contributed by atoms with Crippen LogP contribution in [0.1, 0.15) is 28.8 Å². The molecule has 1 aliphatic heterocycles. The van der Waals surface area contributed by atoms with Crippen LogP contribution in [-0.2, 0) is 13.1 Å². The number of rotatable bonds is 8. The maximum Gasteiger partial charge on any atom is 0.191 e. The molecule has 2 aromatic rings. The summed E-state index contributed by atoms with van der Waals surface area (Å²) in [5.41, 5.74) is 1.20. The number of halogens is 1. The highest BCUT2D eigenvalue weighted by atomic mass is 127. The standard InChI is InChI=1S/C21H31N5O2S.HI/c1-5-22-21(24-12-20-23-11-15(2)29-20)25-17-6-7-26(14-17)13-16-8-18(27-3)10-19(9-16)28-4;/h8-11,17H,5-7,12-14H2,1-4H3,(H2,22,24,25);1H. The highest BCUT2D eigenvalue weighted by molar-refractivity contribution is 14.0. The Balaban J connectivity index is 0.00000320. The summed E-state index contributed by atoms with van der Waals surface area (Å²) in [5, 5.41) is 7.97. The molecule has 7 nitrogen and oxygen atoms in total. The summed E-state index contributed by atoms with van der Waals surface area (Å²) in [6.07, 6.45) is 2.99. The Hall–Kier alpha value is -1.59. The van der Waals surface area contributed by atoms with Crippen molar-refractivity contribution in [2.75, 3.05) is 33.9 Å². The third kappa shape index (κ3) is 7.28. The molecule has 1 aliphatic rings. The molecular weight excluding hydrogens is 513 g/mol. The number of hydrogen-bond donors (Lipinski definition) is 2. The Bertz CT molecular complexity index is 807. The van der Waals surface area contributed by atoms with E-state index < -0.39 is 0 Å². The number of guanidine groups is 1. The van der Waals surface area contributed by atoms with Gasteiger partial charge in [-0.2, -0.15) is 0 Å². The number of benzene rings is 1. The minimum atomic E-state index is 0. The zero-order chi connectivity index (χ0) is 20.6. The third-order valence-electron chi connectivity index (χ3n) is 4.82.